The van der Waals surface area contributed by atoms with Crippen LogP contribution in [0.25, 0.3) is 0 Å². The summed E-state index contributed by atoms with van der Waals surface area (Å²) in [6, 6.07) is 18.2. The van der Waals surface area contributed by atoms with E-state index in [1.807, 2.05) is 41.3 Å². The van der Waals surface area contributed by atoms with E-state index >= 15 is 0 Å². The molecule has 2 aromatic carbocycles. The lowest BCUT2D eigenvalue weighted by Gasteiger charge is -2.37. The minimum atomic E-state index is 0. The molecule has 0 aromatic heterocycles. The first-order chi connectivity index (χ1) is 12.3. The maximum absolute atomic E-state index is 12.8. The number of thioether (sulfide) groups is 1. The summed E-state index contributed by atoms with van der Waals surface area (Å²) in [4.78, 5) is 16.0. The summed E-state index contributed by atoms with van der Waals surface area (Å²) in [5, 5.41) is 3.40. The van der Waals surface area contributed by atoms with E-state index in [1.54, 1.807) is 18.9 Å². The topological polar surface area (TPSA) is 41.6 Å². The minimum absolute atomic E-state index is 0. The van der Waals surface area contributed by atoms with Gasteiger partial charge in [0.05, 0.1) is 13.2 Å². The standard InChI is InChI=1S/C20H24N2O2S.ClH/c1-24-19-10-6-5-9-17(19)18-15-21-12-13-22(18)20(23)11-14-25-16-7-3-2-4-8-16;/h2-10,18,21H,11-15H2,1H3;1H. The first-order valence-corrected chi connectivity index (χ1v) is 9.59. The number of methoxy groups -OCH3 is 1. The number of halogens is 1. The van der Waals surface area contributed by atoms with Crippen LogP contribution in [0.1, 0.15) is 18.0 Å². The van der Waals surface area contributed by atoms with Gasteiger partial charge in [0.2, 0.25) is 5.91 Å². The molecule has 1 saturated heterocycles. The monoisotopic (exact) mass is 392 g/mol. The summed E-state index contributed by atoms with van der Waals surface area (Å²) in [7, 11) is 1.68. The van der Waals surface area contributed by atoms with Gasteiger partial charge in [0, 0.05) is 42.3 Å². The van der Waals surface area contributed by atoms with Crippen LogP contribution in [-0.2, 0) is 4.79 Å². The predicted molar refractivity (Wildman–Crippen MR) is 109 cm³/mol. The van der Waals surface area contributed by atoms with Crippen LogP contribution >= 0.6 is 24.2 Å². The fourth-order valence-corrected chi connectivity index (χ4v) is 4.00. The van der Waals surface area contributed by atoms with Crippen molar-refractivity contribution in [3.63, 3.8) is 0 Å². The second-order valence-electron chi connectivity index (χ2n) is 5.96. The number of nitrogens with one attached hydrogen (secondary N) is 1. The number of hydrogen-bond donors (Lipinski definition) is 1. The van der Waals surface area contributed by atoms with Crippen molar-refractivity contribution in [2.24, 2.45) is 0 Å². The summed E-state index contributed by atoms with van der Waals surface area (Å²) < 4.78 is 5.50. The first kappa shape index (κ1) is 20.6. The zero-order valence-corrected chi connectivity index (χ0v) is 16.5. The van der Waals surface area contributed by atoms with E-state index in [0.717, 1.165) is 36.7 Å². The van der Waals surface area contributed by atoms with Gasteiger partial charge >= 0.3 is 0 Å². The second-order valence-corrected chi connectivity index (χ2v) is 7.13. The Hall–Kier alpha value is -1.69. The van der Waals surface area contributed by atoms with E-state index in [0.29, 0.717) is 6.42 Å². The summed E-state index contributed by atoms with van der Waals surface area (Å²) in [5.41, 5.74) is 1.07. The third kappa shape index (κ3) is 5.16. The number of benzene rings is 2. The lowest BCUT2D eigenvalue weighted by Crippen LogP contribution is -2.48. The molecule has 26 heavy (non-hydrogen) atoms. The zero-order valence-electron chi connectivity index (χ0n) is 14.9. The maximum Gasteiger partial charge on any atom is 0.224 e. The van der Waals surface area contributed by atoms with E-state index < -0.39 is 0 Å². The van der Waals surface area contributed by atoms with Crippen molar-refractivity contribution in [2.75, 3.05) is 32.5 Å². The Labute approximate surface area is 165 Å². The summed E-state index contributed by atoms with van der Waals surface area (Å²) >= 11 is 1.73. The first-order valence-electron chi connectivity index (χ1n) is 8.60. The van der Waals surface area contributed by atoms with E-state index in [1.165, 1.54) is 4.90 Å². The number of rotatable bonds is 6. The van der Waals surface area contributed by atoms with Gasteiger partial charge in [-0.15, -0.1) is 24.2 Å². The van der Waals surface area contributed by atoms with Crippen LogP contribution in [0, 0.1) is 0 Å². The quantitative estimate of drug-likeness (QED) is 0.760. The molecule has 1 amide bonds. The number of para-hydroxylation sites is 1. The average Bonchev–Trinajstić information content (AvgIpc) is 2.68. The predicted octanol–water partition coefficient (Wildman–Crippen LogP) is 3.77. The van der Waals surface area contributed by atoms with Crippen molar-refractivity contribution < 1.29 is 9.53 Å². The van der Waals surface area contributed by atoms with Crippen molar-refractivity contribution in [3.8, 4) is 5.75 Å². The number of nitrogens with zero attached hydrogens (tertiary/aromatic N) is 1. The van der Waals surface area contributed by atoms with E-state index in [4.69, 9.17) is 4.74 Å². The molecule has 4 nitrogen and oxygen atoms in total. The Balaban J connectivity index is 0.00000243. The number of hydrogen-bond acceptors (Lipinski definition) is 4. The summed E-state index contributed by atoms with van der Waals surface area (Å²) in [6.45, 7) is 2.33. The van der Waals surface area contributed by atoms with Gasteiger partial charge in [0.25, 0.3) is 0 Å². The van der Waals surface area contributed by atoms with Gasteiger partial charge < -0.3 is 15.0 Å². The minimum Gasteiger partial charge on any atom is -0.496 e. The van der Waals surface area contributed by atoms with E-state index in [2.05, 4.69) is 23.5 Å². The highest BCUT2D eigenvalue weighted by molar-refractivity contribution is 7.99. The van der Waals surface area contributed by atoms with Crippen molar-refractivity contribution in [2.45, 2.75) is 17.4 Å². The van der Waals surface area contributed by atoms with Gasteiger partial charge in [0.1, 0.15) is 5.75 Å². The Morgan fingerprint density at radius 3 is 2.69 bits per heavy atom. The molecule has 0 spiro atoms. The van der Waals surface area contributed by atoms with Gasteiger partial charge in [-0.05, 0) is 18.2 Å². The van der Waals surface area contributed by atoms with Crippen LogP contribution in [0.15, 0.2) is 59.5 Å². The Kier molecular flexibility index (Phi) is 8.29. The maximum atomic E-state index is 12.8. The Bertz CT molecular complexity index is 699. The van der Waals surface area contributed by atoms with Gasteiger partial charge in [0.15, 0.2) is 0 Å². The smallest absolute Gasteiger partial charge is 0.224 e. The molecule has 1 unspecified atom stereocenters. The number of piperazine rings is 1. The molecular formula is C20H25ClN2O2S. The zero-order chi connectivity index (χ0) is 17.5. The van der Waals surface area contributed by atoms with Gasteiger partial charge in [-0.2, -0.15) is 0 Å². The molecule has 1 N–H and O–H groups in total. The molecule has 2 aromatic rings. The van der Waals surface area contributed by atoms with E-state index in [-0.39, 0.29) is 24.4 Å². The van der Waals surface area contributed by atoms with Gasteiger partial charge in [-0.1, -0.05) is 36.4 Å². The fraction of sp³-hybridized carbons (Fsp3) is 0.350. The molecule has 1 heterocycles. The van der Waals surface area contributed by atoms with Crippen LogP contribution in [-0.4, -0.2) is 43.3 Å². The van der Waals surface area contributed by atoms with Crippen molar-refractivity contribution in [3.05, 3.63) is 60.2 Å². The molecule has 1 aliphatic heterocycles. The van der Waals surface area contributed by atoms with Crippen molar-refractivity contribution >= 4 is 30.1 Å². The highest BCUT2D eigenvalue weighted by atomic mass is 35.5. The molecular weight excluding hydrogens is 368 g/mol. The van der Waals surface area contributed by atoms with E-state index in [9.17, 15) is 4.79 Å². The molecule has 3 rings (SSSR count). The highest BCUT2D eigenvalue weighted by Crippen LogP contribution is 2.31. The third-order valence-electron chi connectivity index (χ3n) is 4.39. The van der Waals surface area contributed by atoms with Crippen LogP contribution in [0.3, 0.4) is 0 Å². The molecule has 6 heteroatoms. The van der Waals surface area contributed by atoms with Gasteiger partial charge in [-0.3, -0.25) is 4.79 Å². The number of carbonyl (C=O) groups excluding carboxylic acids is 1. The highest BCUT2D eigenvalue weighted by Gasteiger charge is 2.29. The molecule has 140 valence electrons. The second kappa shape index (κ2) is 10.5. The van der Waals surface area contributed by atoms with Crippen LogP contribution in [0.5, 0.6) is 5.75 Å². The largest absolute Gasteiger partial charge is 0.496 e. The number of carbonyl (C=O) groups is 1. The Morgan fingerprint density at radius 2 is 1.92 bits per heavy atom. The molecule has 1 fully saturated rings. The number of ether oxygens (including phenoxy) is 1. The summed E-state index contributed by atoms with van der Waals surface area (Å²) in [6.07, 6.45) is 0.547. The van der Waals surface area contributed by atoms with Crippen LogP contribution < -0.4 is 10.1 Å². The lowest BCUT2D eigenvalue weighted by atomic mass is 10.0. The average molecular weight is 393 g/mol. The van der Waals surface area contributed by atoms with Crippen molar-refractivity contribution in [1.82, 2.24) is 10.2 Å². The molecule has 0 bridgehead atoms. The SMILES string of the molecule is COc1ccccc1C1CNCCN1C(=O)CCSc1ccccc1.Cl. The van der Waals surface area contributed by atoms with Gasteiger partial charge in [-0.25, -0.2) is 0 Å². The molecule has 0 radical (unpaired) electrons. The summed E-state index contributed by atoms with van der Waals surface area (Å²) in [5.74, 6) is 1.85. The van der Waals surface area contributed by atoms with Crippen LogP contribution in [0.2, 0.25) is 0 Å². The lowest BCUT2D eigenvalue weighted by molar-refractivity contribution is -0.134. The third-order valence-corrected chi connectivity index (χ3v) is 5.40. The Morgan fingerprint density at radius 1 is 1.19 bits per heavy atom. The normalized spacial score (nSPS) is 16.7. The van der Waals surface area contributed by atoms with Crippen molar-refractivity contribution in [1.29, 1.82) is 0 Å². The molecule has 0 aliphatic carbocycles. The molecule has 0 saturated carbocycles. The molecule has 1 aliphatic rings. The van der Waals surface area contributed by atoms with Crippen LogP contribution in [0.4, 0.5) is 0 Å². The number of amides is 1. The molecule has 1 atom stereocenters. The fourth-order valence-electron chi connectivity index (χ4n) is 3.14.